The fraction of sp³-hybridized carbons (Fsp3) is 0.476. The molecule has 1 aliphatic rings. The van der Waals surface area contributed by atoms with Crippen LogP contribution in [0.4, 0.5) is 0 Å². The lowest BCUT2D eigenvalue weighted by atomic mass is 9.74. The second kappa shape index (κ2) is 9.13. The summed E-state index contributed by atoms with van der Waals surface area (Å²) in [4.78, 5) is 31.2. The van der Waals surface area contributed by atoms with E-state index in [2.05, 4.69) is 17.1 Å². The molecule has 3 rings (SSSR count). The number of aryl methyl sites for hydroxylation is 1. The van der Waals surface area contributed by atoms with Crippen LogP contribution in [0.2, 0.25) is 0 Å². The molecule has 1 saturated heterocycles. The third-order valence-corrected chi connectivity index (χ3v) is 5.92. The van der Waals surface area contributed by atoms with Crippen LogP contribution in [0.15, 0.2) is 41.2 Å². The molecular weight excluding hydrogens is 360 g/mol. The van der Waals surface area contributed by atoms with Gasteiger partial charge in [-0.2, -0.15) is 0 Å². The SMILES string of the molecule is CCOC(=O)C1(CCCc2ccccc2)CCN(C(=O)c2cscn2)CC1. The van der Waals surface area contributed by atoms with Crippen molar-refractivity contribution in [2.75, 3.05) is 19.7 Å². The number of aromatic nitrogens is 1. The van der Waals surface area contributed by atoms with Crippen LogP contribution in [0.1, 0.15) is 48.7 Å². The largest absolute Gasteiger partial charge is 0.466 e. The van der Waals surface area contributed by atoms with Gasteiger partial charge in [-0.05, 0) is 44.6 Å². The van der Waals surface area contributed by atoms with Gasteiger partial charge in [0, 0.05) is 18.5 Å². The van der Waals surface area contributed by atoms with Crippen molar-refractivity contribution < 1.29 is 14.3 Å². The maximum Gasteiger partial charge on any atom is 0.312 e. The van der Waals surface area contributed by atoms with Gasteiger partial charge in [0.1, 0.15) is 5.69 Å². The molecule has 1 aromatic heterocycles. The van der Waals surface area contributed by atoms with Gasteiger partial charge in [-0.15, -0.1) is 11.3 Å². The molecule has 2 heterocycles. The van der Waals surface area contributed by atoms with Crippen molar-refractivity contribution in [1.82, 2.24) is 9.88 Å². The van der Waals surface area contributed by atoms with Gasteiger partial charge in [-0.1, -0.05) is 30.3 Å². The molecule has 0 aliphatic carbocycles. The smallest absolute Gasteiger partial charge is 0.312 e. The molecule has 27 heavy (non-hydrogen) atoms. The van der Waals surface area contributed by atoms with Crippen molar-refractivity contribution in [1.29, 1.82) is 0 Å². The number of nitrogens with zero attached hydrogens (tertiary/aromatic N) is 2. The highest BCUT2D eigenvalue weighted by Crippen LogP contribution is 2.38. The minimum Gasteiger partial charge on any atom is -0.466 e. The van der Waals surface area contributed by atoms with Gasteiger partial charge in [-0.3, -0.25) is 9.59 Å². The average molecular weight is 387 g/mol. The van der Waals surface area contributed by atoms with E-state index in [9.17, 15) is 9.59 Å². The van der Waals surface area contributed by atoms with Crippen LogP contribution in [0, 0.1) is 5.41 Å². The first-order chi connectivity index (χ1) is 13.1. The number of esters is 1. The van der Waals surface area contributed by atoms with Crippen molar-refractivity contribution in [3.63, 3.8) is 0 Å². The number of rotatable bonds is 7. The molecule has 1 fully saturated rings. The highest BCUT2D eigenvalue weighted by Gasteiger charge is 2.43. The summed E-state index contributed by atoms with van der Waals surface area (Å²) in [6, 6.07) is 10.3. The van der Waals surface area contributed by atoms with Crippen molar-refractivity contribution in [2.24, 2.45) is 5.41 Å². The average Bonchev–Trinajstić information content (AvgIpc) is 3.24. The molecule has 2 aromatic rings. The summed E-state index contributed by atoms with van der Waals surface area (Å²) in [6.07, 6.45) is 3.97. The normalized spacial score (nSPS) is 16.1. The third-order valence-electron chi connectivity index (χ3n) is 5.33. The number of benzene rings is 1. The number of piperidine rings is 1. The van der Waals surface area contributed by atoms with E-state index in [0.29, 0.717) is 38.2 Å². The number of amides is 1. The topological polar surface area (TPSA) is 59.5 Å². The van der Waals surface area contributed by atoms with E-state index in [1.807, 2.05) is 30.0 Å². The van der Waals surface area contributed by atoms with E-state index in [4.69, 9.17) is 4.74 Å². The maximum absolute atomic E-state index is 12.7. The van der Waals surface area contributed by atoms with Gasteiger partial charge in [-0.25, -0.2) is 4.98 Å². The molecular formula is C21H26N2O3S. The second-order valence-corrected chi connectivity index (χ2v) is 7.72. The first-order valence-electron chi connectivity index (χ1n) is 9.53. The Hall–Kier alpha value is -2.21. The van der Waals surface area contributed by atoms with E-state index in [0.717, 1.165) is 19.3 Å². The number of ether oxygens (including phenoxy) is 1. The summed E-state index contributed by atoms with van der Waals surface area (Å²) in [6.45, 7) is 3.37. The molecule has 5 nitrogen and oxygen atoms in total. The summed E-state index contributed by atoms with van der Waals surface area (Å²) in [7, 11) is 0. The van der Waals surface area contributed by atoms with Crippen LogP contribution in [0.25, 0.3) is 0 Å². The molecule has 0 spiro atoms. The Morgan fingerprint density at radius 2 is 1.96 bits per heavy atom. The molecule has 144 valence electrons. The van der Waals surface area contributed by atoms with Crippen LogP contribution in [0.3, 0.4) is 0 Å². The van der Waals surface area contributed by atoms with Crippen LogP contribution in [-0.2, 0) is 16.0 Å². The van der Waals surface area contributed by atoms with Crippen molar-refractivity contribution in [3.05, 3.63) is 52.5 Å². The predicted molar refractivity (Wildman–Crippen MR) is 106 cm³/mol. The molecule has 6 heteroatoms. The summed E-state index contributed by atoms with van der Waals surface area (Å²) in [5.74, 6) is -0.156. The van der Waals surface area contributed by atoms with E-state index in [1.54, 1.807) is 10.9 Å². The molecule has 0 saturated carbocycles. The van der Waals surface area contributed by atoms with Gasteiger partial charge in [0.05, 0.1) is 17.5 Å². The predicted octanol–water partition coefficient (Wildman–Crippen LogP) is 3.95. The molecule has 0 unspecified atom stereocenters. The standard InChI is InChI=1S/C21H26N2O3S/c1-2-26-20(25)21(10-6-9-17-7-4-3-5-8-17)11-13-23(14-12-21)19(24)18-15-27-16-22-18/h3-5,7-8,15-16H,2,6,9-14H2,1H3. The summed E-state index contributed by atoms with van der Waals surface area (Å²) < 4.78 is 5.40. The quantitative estimate of drug-likeness (QED) is 0.676. The van der Waals surface area contributed by atoms with Gasteiger partial charge in [0.2, 0.25) is 0 Å². The number of thiazole rings is 1. The number of hydrogen-bond donors (Lipinski definition) is 0. The van der Waals surface area contributed by atoms with Crippen molar-refractivity contribution >= 4 is 23.2 Å². The number of likely N-dealkylation sites (tertiary alicyclic amines) is 1. The minimum atomic E-state index is -0.482. The maximum atomic E-state index is 12.7. The Balaban J connectivity index is 1.62. The Morgan fingerprint density at radius 1 is 1.22 bits per heavy atom. The van der Waals surface area contributed by atoms with Crippen LogP contribution in [0.5, 0.6) is 0 Å². The van der Waals surface area contributed by atoms with Crippen LogP contribution < -0.4 is 0 Å². The number of carbonyl (C=O) groups is 2. The lowest BCUT2D eigenvalue weighted by molar-refractivity contribution is -0.159. The molecule has 0 N–H and O–H groups in total. The Morgan fingerprint density at radius 3 is 2.59 bits per heavy atom. The Labute approximate surface area is 164 Å². The first-order valence-corrected chi connectivity index (χ1v) is 10.5. The lowest BCUT2D eigenvalue weighted by Gasteiger charge is -2.39. The van der Waals surface area contributed by atoms with Crippen LogP contribution >= 0.6 is 11.3 Å². The van der Waals surface area contributed by atoms with Gasteiger partial charge in [0.25, 0.3) is 5.91 Å². The van der Waals surface area contributed by atoms with Gasteiger partial charge < -0.3 is 9.64 Å². The second-order valence-electron chi connectivity index (χ2n) is 7.01. The van der Waals surface area contributed by atoms with Crippen LogP contribution in [-0.4, -0.2) is 41.5 Å². The van der Waals surface area contributed by atoms with E-state index < -0.39 is 5.41 Å². The molecule has 1 amide bonds. The summed E-state index contributed by atoms with van der Waals surface area (Å²) in [5.41, 5.74) is 2.97. The first kappa shape index (κ1) is 19.5. The summed E-state index contributed by atoms with van der Waals surface area (Å²) >= 11 is 1.42. The molecule has 1 aliphatic heterocycles. The zero-order chi connectivity index (χ0) is 19.1. The molecule has 0 atom stereocenters. The van der Waals surface area contributed by atoms with Crippen molar-refractivity contribution in [2.45, 2.75) is 39.0 Å². The fourth-order valence-corrected chi connectivity index (χ4v) is 4.26. The molecule has 0 radical (unpaired) electrons. The van der Waals surface area contributed by atoms with Gasteiger partial charge in [0.15, 0.2) is 0 Å². The number of hydrogen-bond acceptors (Lipinski definition) is 5. The van der Waals surface area contributed by atoms with E-state index >= 15 is 0 Å². The molecule has 1 aromatic carbocycles. The highest BCUT2D eigenvalue weighted by atomic mass is 32.1. The Kier molecular flexibility index (Phi) is 6.61. The molecule has 0 bridgehead atoms. The van der Waals surface area contributed by atoms with Crippen molar-refractivity contribution in [3.8, 4) is 0 Å². The summed E-state index contributed by atoms with van der Waals surface area (Å²) in [5, 5.41) is 1.77. The minimum absolute atomic E-state index is 0.0435. The monoisotopic (exact) mass is 386 g/mol. The third kappa shape index (κ3) is 4.75. The van der Waals surface area contributed by atoms with E-state index in [-0.39, 0.29) is 11.9 Å². The zero-order valence-electron chi connectivity index (χ0n) is 15.7. The van der Waals surface area contributed by atoms with Gasteiger partial charge >= 0.3 is 5.97 Å². The highest BCUT2D eigenvalue weighted by molar-refractivity contribution is 7.07. The number of carbonyl (C=O) groups excluding carboxylic acids is 2. The Bertz CT molecular complexity index is 738. The van der Waals surface area contributed by atoms with E-state index in [1.165, 1.54) is 16.9 Å². The lowest BCUT2D eigenvalue weighted by Crippen LogP contribution is -2.47. The fourth-order valence-electron chi connectivity index (χ4n) is 3.73. The zero-order valence-corrected chi connectivity index (χ0v) is 16.5.